The molecule has 0 spiro atoms. The van der Waals surface area contributed by atoms with Crippen molar-refractivity contribution in [1.29, 1.82) is 0 Å². The monoisotopic (exact) mass is 191 g/mol. The molecule has 0 aliphatic heterocycles. The van der Waals surface area contributed by atoms with Crippen molar-refractivity contribution < 1.29 is 24.5 Å². The molecule has 0 bridgehead atoms. The maximum atomic E-state index is 10.5. The van der Waals surface area contributed by atoms with Gasteiger partial charge >= 0.3 is 5.97 Å². The molecule has 0 aliphatic rings. The van der Waals surface area contributed by atoms with Gasteiger partial charge in [-0.15, -0.1) is 0 Å². The van der Waals surface area contributed by atoms with Gasteiger partial charge in [-0.1, -0.05) is 0 Å². The second kappa shape index (κ2) is 6.38. The molecule has 0 aromatic heterocycles. The van der Waals surface area contributed by atoms with Crippen LogP contribution in [0.2, 0.25) is 0 Å². The molecule has 0 radical (unpaired) electrons. The maximum Gasteiger partial charge on any atom is 0.326 e. The van der Waals surface area contributed by atoms with E-state index < -0.39 is 18.1 Å². The van der Waals surface area contributed by atoms with Gasteiger partial charge < -0.3 is 20.3 Å². The lowest BCUT2D eigenvalue weighted by molar-refractivity contribution is -0.141. The number of carboxylic acid groups (broad SMARTS) is 1. The fourth-order valence-corrected chi connectivity index (χ4v) is 0.855. The highest BCUT2D eigenvalue weighted by Crippen LogP contribution is 1.98. The van der Waals surface area contributed by atoms with Crippen molar-refractivity contribution in [3.63, 3.8) is 0 Å². The normalized spacial score (nSPS) is 14.6. The number of carboxylic acids is 1. The Morgan fingerprint density at radius 1 is 1.69 bits per heavy atom. The summed E-state index contributed by atoms with van der Waals surface area (Å²) in [7, 11) is 1.39. The molecule has 2 atom stereocenters. The Balaban J connectivity index is 3.93. The number of carbonyl (C=O) groups excluding carboxylic acids is 1. The third kappa shape index (κ3) is 5.15. The lowest BCUT2D eigenvalue weighted by atomic mass is 10.1. The summed E-state index contributed by atoms with van der Waals surface area (Å²) in [5.41, 5.74) is 0. The average molecular weight is 191 g/mol. The number of aliphatic hydroxyl groups is 1. The van der Waals surface area contributed by atoms with Gasteiger partial charge in [0.2, 0.25) is 6.41 Å². The molecule has 0 fully saturated rings. The van der Waals surface area contributed by atoms with Crippen LogP contribution in [-0.2, 0) is 14.3 Å². The Kier molecular flexibility index (Phi) is 5.82. The third-order valence-electron chi connectivity index (χ3n) is 1.43. The van der Waals surface area contributed by atoms with E-state index in [4.69, 9.17) is 10.2 Å². The summed E-state index contributed by atoms with van der Waals surface area (Å²) in [6, 6.07) is -1.07. The van der Waals surface area contributed by atoms with Crippen molar-refractivity contribution in [2.45, 2.75) is 18.6 Å². The zero-order chi connectivity index (χ0) is 10.3. The van der Waals surface area contributed by atoms with Crippen LogP contribution in [-0.4, -0.2) is 48.5 Å². The second-order valence-electron chi connectivity index (χ2n) is 2.52. The smallest absolute Gasteiger partial charge is 0.326 e. The largest absolute Gasteiger partial charge is 0.480 e. The molecule has 0 heterocycles. The van der Waals surface area contributed by atoms with Crippen LogP contribution in [0.4, 0.5) is 0 Å². The van der Waals surface area contributed by atoms with Gasteiger partial charge in [-0.05, 0) is 0 Å². The zero-order valence-electron chi connectivity index (χ0n) is 7.27. The Hall–Kier alpha value is -1.14. The van der Waals surface area contributed by atoms with E-state index in [0.29, 0.717) is 0 Å². The van der Waals surface area contributed by atoms with Gasteiger partial charge in [0.1, 0.15) is 6.04 Å². The number of methoxy groups -OCH3 is 1. The minimum absolute atomic E-state index is 0.0459. The summed E-state index contributed by atoms with van der Waals surface area (Å²) in [6.45, 7) is 0.0459. The number of rotatable bonds is 7. The molecule has 6 heteroatoms. The van der Waals surface area contributed by atoms with Crippen LogP contribution >= 0.6 is 0 Å². The van der Waals surface area contributed by atoms with Crippen molar-refractivity contribution in [3.8, 4) is 0 Å². The fourth-order valence-electron chi connectivity index (χ4n) is 0.855. The van der Waals surface area contributed by atoms with Crippen LogP contribution in [0, 0.1) is 0 Å². The molecule has 0 aromatic carbocycles. The van der Waals surface area contributed by atoms with E-state index in [9.17, 15) is 9.59 Å². The molecule has 1 amide bonds. The van der Waals surface area contributed by atoms with Gasteiger partial charge in [-0.3, -0.25) is 4.79 Å². The Morgan fingerprint density at radius 3 is 2.69 bits per heavy atom. The van der Waals surface area contributed by atoms with Crippen LogP contribution < -0.4 is 5.32 Å². The van der Waals surface area contributed by atoms with Crippen LogP contribution in [0.1, 0.15) is 6.42 Å². The predicted octanol–water partition coefficient (Wildman–Crippen LogP) is -1.42. The fraction of sp³-hybridized carbons (Fsp3) is 0.714. The molecule has 6 nitrogen and oxygen atoms in total. The Bertz CT molecular complexity index is 172. The first-order chi connectivity index (χ1) is 6.11. The summed E-state index contributed by atoms with van der Waals surface area (Å²) in [4.78, 5) is 20.4. The highest BCUT2D eigenvalue weighted by Gasteiger charge is 2.20. The number of nitrogens with one attached hydrogen (secondary N) is 1. The van der Waals surface area contributed by atoms with E-state index in [1.165, 1.54) is 7.11 Å². The van der Waals surface area contributed by atoms with E-state index in [0.717, 1.165) is 0 Å². The van der Waals surface area contributed by atoms with E-state index >= 15 is 0 Å². The first-order valence-corrected chi connectivity index (χ1v) is 3.71. The topological polar surface area (TPSA) is 95.9 Å². The first-order valence-electron chi connectivity index (χ1n) is 3.71. The van der Waals surface area contributed by atoms with Crippen molar-refractivity contribution in [3.05, 3.63) is 0 Å². The minimum Gasteiger partial charge on any atom is -0.480 e. The van der Waals surface area contributed by atoms with Gasteiger partial charge in [-0.2, -0.15) is 0 Å². The van der Waals surface area contributed by atoms with Crippen molar-refractivity contribution in [1.82, 2.24) is 5.32 Å². The SMILES string of the molecule is COCC(O)CC(NC=O)C(=O)O. The van der Waals surface area contributed by atoms with Gasteiger partial charge in [0.05, 0.1) is 12.7 Å². The summed E-state index contributed by atoms with van der Waals surface area (Å²) < 4.78 is 4.60. The Morgan fingerprint density at radius 2 is 2.31 bits per heavy atom. The highest BCUT2D eigenvalue weighted by atomic mass is 16.5. The predicted molar refractivity (Wildman–Crippen MR) is 43.1 cm³/mol. The molecule has 0 aromatic rings. The summed E-state index contributed by atoms with van der Waals surface area (Å²) in [6.07, 6.45) is -0.668. The van der Waals surface area contributed by atoms with Crippen LogP contribution in [0.5, 0.6) is 0 Å². The Labute approximate surface area is 75.5 Å². The number of amides is 1. The highest BCUT2D eigenvalue weighted by molar-refractivity contribution is 5.76. The number of carbonyl (C=O) groups is 2. The van der Waals surface area contributed by atoms with Crippen molar-refractivity contribution in [2.24, 2.45) is 0 Å². The molecule has 13 heavy (non-hydrogen) atoms. The molecule has 0 rings (SSSR count). The van der Waals surface area contributed by atoms with Gasteiger partial charge in [-0.25, -0.2) is 4.79 Å². The quantitative estimate of drug-likeness (QED) is 0.429. The molecule has 0 saturated carbocycles. The third-order valence-corrected chi connectivity index (χ3v) is 1.43. The molecule has 0 saturated heterocycles. The van der Waals surface area contributed by atoms with Crippen LogP contribution in [0.15, 0.2) is 0 Å². The lowest BCUT2D eigenvalue weighted by Crippen LogP contribution is -2.39. The first kappa shape index (κ1) is 11.9. The van der Waals surface area contributed by atoms with Crippen molar-refractivity contribution in [2.75, 3.05) is 13.7 Å². The zero-order valence-corrected chi connectivity index (χ0v) is 7.27. The van der Waals surface area contributed by atoms with E-state index in [1.54, 1.807) is 0 Å². The van der Waals surface area contributed by atoms with E-state index in [-0.39, 0.29) is 19.4 Å². The van der Waals surface area contributed by atoms with Gasteiger partial charge in [0, 0.05) is 13.5 Å². The van der Waals surface area contributed by atoms with Gasteiger partial charge in [0.25, 0.3) is 0 Å². The molecular weight excluding hydrogens is 178 g/mol. The lowest BCUT2D eigenvalue weighted by Gasteiger charge is -2.14. The van der Waals surface area contributed by atoms with E-state index in [2.05, 4.69) is 10.1 Å². The number of aliphatic carboxylic acids is 1. The standard InChI is InChI=1S/C7H13NO5/c1-13-3-5(10)2-6(7(11)12)8-4-9/h4-6,10H,2-3H2,1H3,(H,8,9)(H,11,12). The average Bonchev–Trinajstić information content (AvgIpc) is 2.04. The van der Waals surface area contributed by atoms with Crippen LogP contribution in [0.3, 0.4) is 0 Å². The molecule has 0 aliphatic carbocycles. The summed E-state index contributed by atoms with van der Waals surface area (Å²) in [5, 5.41) is 19.8. The minimum atomic E-state index is -1.18. The van der Waals surface area contributed by atoms with E-state index in [1.807, 2.05) is 0 Å². The number of aliphatic hydroxyl groups excluding tert-OH is 1. The molecular formula is C7H13NO5. The molecule has 3 N–H and O–H groups in total. The molecule has 76 valence electrons. The summed E-state index contributed by atoms with van der Waals surface area (Å²) in [5.74, 6) is -1.18. The number of hydrogen-bond donors (Lipinski definition) is 3. The number of hydrogen-bond acceptors (Lipinski definition) is 4. The van der Waals surface area contributed by atoms with Gasteiger partial charge in [0.15, 0.2) is 0 Å². The number of ether oxygens (including phenoxy) is 1. The summed E-state index contributed by atoms with van der Waals surface area (Å²) >= 11 is 0. The van der Waals surface area contributed by atoms with Crippen LogP contribution in [0.25, 0.3) is 0 Å². The molecule has 2 unspecified atom stereocenters. The van der Waals surface area contributed by atoms with Crippen molar-refractivity contribution >= 4 is 12.4 Å². The maximum absolute atomic E-state index is 10.5. The second-order valence-corrected chi connectivity index (χ2v) is 2.52.